The fraction of sp³-hybridized carbons (Fsp3) is 0.594. The van der Waals surface area contributed by atoms with Crippen molar-refractivity contribution in [3.05, 3.63) is 42.2 Å². The maximum absolute atomic E-state index is 13.8. The molecule has 1 aromatic carbocycles. The number of benzene rings is 1. The van der Waals surface area contributed by atoms with E-state index in [1.54, 1.807) is 68.0 Å². The molecular formula is C32H44N6O6. The normalized spacial score (nSPS) is 21.7. The van der Waals surface area contributed by atoms with Gasteiger partial charge in [-0.05, 0) is 70.7 Å². The Balaban J connectivity index is 1.32. The Hall–Kier alpha value is -4.09. The van der Waals surface area contributed by atoms with Crippen molar-refractivity contribution in [3.63, 3.8) is 0 Å². The Morgan fingerprint density at radius 3 is 2.36 bits per heavy atom. The Morgan fingerprint density at radius 2 is 1.73 bits per heavy atom. The zero-order chi connectivity index (χ0) is 31.4. The van der Waals surface area contributed by atoms with Crippen molar-refractivity contribution in [2.45, 2.75) is 83.5 Å². The molecule has 0 radical (unpaired) electrons. The van der Waals surface area contributed by atoms with E-state index in [4.69, 9.17) is 19.3 Å². The van der Waals surface area contributed by atoms with Gasteiger partial charge in [-0.25, -0.2) is 9.80 Å². The van der Waals surface area contributed by atoms with Crippen molar-refractivity contribution in [2.75, 3.05) is 27.3 Å². The first-order valence-electron chi connectivity index (χ1n) is 15.5. The molecule has 2 aliphatic heterocycles. The zero-order valence-corrected chi connectivity index (χ0v) is 26.3. The fourth-order valence-electron chi connectivity index (χ4n) is 6.47. The summed E-state index contributed by atoms with van der Waals surface area (Å²) in [7, 11) is 3.22. The summed E-state index contributed by atoms with van der Waals surface area (Å²) in [6.07, 6.45) is 7.74. The van der Waals surface area contributed by atoms with Crippen molar-refractivity contribution in [1.82, 2.24) is 25.0 Å². The highest BCUT2D eigenvalue weighted by Crippen LogP contribution is 2.40. The number of nitrogens with one attached hydrogen (secondary N) is 1. The molecule has 44 heavy (non-hydrogen) atoms. The maximum Gasteiger partial charge on any atom is 0.408 e. The molecule has 2 aromatic rings. The number of methoxy groups -OCH3 is 2. The first-order chi connectivity index (χ1) is 21.1. The predicted octanol–water partition coefficient (Wildman–Crippen LogP) is 3.84. The predicted molar refractivity (Wildman–Crippen MR) is 163 cm³/mol. The highest BCUT2D eigenvalue weighted by Gasteiger charge is 2.44. The van der Waals surface area contributed by atoms with Crippen LogP contribution in [0.5, 0.6) is 11.5 Å². The lowest BCUT2D eigenvalue weighted by Crippen LogP contribution is -2.56. The molecule has 3 heterocycles. The molecule has 3 atom stereocenters. The number of fused-ring (bicyclic) bond motifs is 1. The van der Waals surface area contributed by atoms with E-state index < -0.39 is 17.7 Å². The van der Waals surface area contributed by atoms with Gasteiger partial charge in [0, 0.05) is 42.9 Å². The molecular weight excluding hydrogens is 564 g/mol. The molecule has 3 amide bonds. The van der Waals surface area contributed by atoms with Crippen LogP contribution in [0.15, 0.2) is 41.8 Å². The lowest BCUT2D eigenvalue weighted by atomic mass is 9.73. The second-order valence-electron chi connectivity index (χ2n) is 12.7. The Morgan fingerprint density at radius 1 is 1.02 bits per heavy atom. The summed E-state index contributed by atoms with van der Waals surface area (Å²) in [6.45, 7) is 6.38. The van der Waals surface area contributed by atoms with Crippen LogP contribution in [-0.2, 0) is 20.9 Å². The van der Waals surface area contributed by atoms with Crippen LogP contribution in [0.3, 0.4) is 0 Å². The second kappa shape index (κ2) is 13.3. The molecule has 2 fully saturated rings. The number of carbonyl (C=O) groups excluding carboxylic acids is 3. The number of hydrogen-bond donors (Lipinski definition) is 1. The monoisotopic (exact) mass is 608 g/mol. The van der Waals surface area contributed by atoms with Gasteiger partial charge in [0.1, 0.15) is 11.6 Å². The van der Waals surface area contributed by atoms with Gasteiger partial charge in [0.05, 0.1) is 32.5 Å². The van der Waals surface area contributed by atoms with Crippen molar-refractivity contribution in [2.24, 2.45) is 16.9 Å². The second-order valence-corrected chi connectivity index (χ2v) is 12.7. The lowest BCUT2D eigenvalue weighted by molar-refractivity contribution is -0.143. The number of amides is 3. The van der Waals surface area contributed by atoms with Crippen LogP contribution < -0.4 is 14.8 Å². The fourth-order valence-corrected chi connectivity index (χ4v) is 6.47. The van der Waals surface area contributed by atoms with E-state index in [-0.39, 0.29) is 36.2 Å². The molecule has 12 nitrogen and oxygen atoms in total. The summed E-state index contributed by atoms with van der Waals surface area (Å²) in [4.78, 5) is 41.9. The summed E-state index contributed by atoms with van der Waals surface area (Å²) in [5.41, 5.74) is 1.14. The van der Waals surface area contributed by atoms with E-state index in [1.165, 1.54) is 0 Å². The number of ether oxygens (including phenoxy) is 3. The molecule has 5 rings (SSSR count). The van der Waals surface area contributed by atoms with E-state index in [1.807, 2.05) is 18.2 Å². The van der Waals surface area contributed by atoms with Crippen LogP contribution in [0.2, 0.25) is 0 Å². The van der Waals surface area contributed by atoms with Crippen molar-refractivity contribution < 1.29 is 28.6 Å². The standard InChI is InChI=1S/C32H44N6O6/c1-32(2,3)44-31(41)34-25(20-37-16-8-15-33-37)30(40)36-17-13-22(14-18-36)38-29(39)24-10-7-6-9-23(24)28(35-38)21-11-12-26(42-4)27(19-21)43-5/h8,11-12,15-16,19,22-25H,6-7,9-10,13-14,17-18,20H2,1-5H3,(H,34,41)/t23-,24+,25-/m0/s1. The van der Waals surface area contributed by atoms with Gasteiger partial charge in [0.25, 0.3) is 0 Å². The van der Waals surface area contributed by atoms with E-state index in [0.29, 0.717) is 37.4 Å². The number of alkyl carbamates (subject to hydrolysis) is 1. The van der Waals surface area contributed by atoms with Crippen molar-refractivity contribution in [3.8, 4) is 11.5 Å². The third kappa shape index (κ3) is 7.00. The van der Waals surface area contributed by atoms with Crippen LogP contribution in [0.1, 0.15) is 64.9 Å². The minimum atomic E-state index is -0.851. The van der Waals surface area contributed by atoms with E-state index in [2.05, 4.69) is 10.4 Å². The molecule has 1 saturated heterocycles. The third-order valence-corrected chi connectivity index (χ3v) is 8.59. The van der Waals surface area contributed by atoms with Crippen molar-refractivity contribution >= 4 is 23.6 Å². The van der Waals surface area contributed by atoms with Gasteiger partial charge in [-0.1, -0.05) is 12.8 Å². The molecule has 0 unspecified atom stereocenters. The van der Waals surface area contributed by atoms with Crippen LogP contribution >= 0.6 is 0 Å². The molecule has 1 saturated carbocycles. The Labute approximate surface area is 258 Å². The van der Waals surface area contributed by atoms with Gasteiger partial charge in [0.15, 0.2) is 11.5 Å². The molecule has 1 N–H and O–H groups in total. The molecule has 3 aliphatic rings. The number of nitrogens with zero attached hydrogens (tertiary/aromatic N) is 5. The van der Waals surface area contributed by atoms with Gasteiger partial charge in [-0.3, -0.25) is 14.3 Å². The molecule has 0 bridgehead atoms. The number of piperidine rings is 1. The highest BCUT2D eigenvalue weighted by atomic mass is 16.6. The third-order valence-electron chi connectivity index (χ3n) is 8.59. The van der Waals surface area contributed by atoms with Gasteiger partial charge in [-0.2, -0.15) is 10.2 Å². The molecule has 0 spiro atoms. The van der Waals surface area contributed by atoms with Gasteiger partial charge >= 0.3 is 6.09 Å². The summed E-state index contributed by atoms with van der Waals surface area (Å²) in [5, 5.41) is 13.7. The van der Waals surface area contributed by atoms with Gasteiger partial charge < -0.3 is 24.4 Å². The maximum atomic E-state index is 13.8. The van der Waals surface area contributed by atoms with Gasteiger partial charge in [0.2, 0.25) is 11.8 Å². The van der Waals surface area contributed by atoms with Crippen LogP contribution in [-0.4, -0.2) is 88.3 Å². The summed E-state index contributed by atoms with van der Waals surface area (Å²) >= 11 is 0. The van der Waals surface area contributed by atoms with Crippen LogP contribution in [0, 0.1) is 11.8 Å². The molecule has 238 valence electrons. The van der Waals surface area contributed by atoms with Crippen LogP contribution in [0.25, 0.3) is 0 Å². The largest absolute Gasteiger partial charge is 0.493 e. The minimum absolute atomic E-state index is 0.0641. The molecule has 1 aromatic heterocycles. The topological polar surface area (TPSA) is 128 Å². The quantitative estimate of drug-likeness (QED) is 0.483. The average Bonchev–Trinajstić information content (AvgIpc) is 3.53. The zero-order valence-electron chi connectivity index (χ0n) is 26.3. The summed E-state index contributed by atoms with van der Waals surface area (Å²) in [6, 6.07) is 6.59. The lowest BCUT2D eigenvalue weighted by Gasteiger charge is -2.43. The smallest absolute Gasteiger partial charge is 0.408 e. The van der Waals surface area contributed by atoms with E-state index in [9.17, 15) is 14.4 Å². The number of hydrazone groups is 1. The van der Waals surface area contributed by atoms with Gasteiger partial charge in [-0.15, -0.1) is 0 Å². The van der Waals surface area contributed by atoms with Crippen LogP contribution in [0.4, 0.5) is 4.79 Å². The van der Waals surface area contributed by atoms with E-state index in [0.717, 1.165) is 37.0 Å². The average molecular weight is 609 g/mol. The first kappa shape index (κ1) is 31.3. The molecule has 1 aliphatic carbocycles. The number of aromatic nitrogens is 2. The molecule has 12 heteroatoms. The number of carbonyl (C=O) groups is 3. The first-order valence-corrected chi connectivity index (χ1v) is 15.5. The van der Waals surface area contributed by atoms with E-state index >= 15 is 0 Å². The minimum Gasteiger partial charge on any atom is -0.493 e. The summed E-state index contributed by atoms with van der Waals surface area (Å²) in [5.74, 6) is 1.09. The number of rotatable bonds is 8. The highest BCUT2D eigenvalue weighted by molar-refractivity contribution is 6.07. The summed E-state index contributed by atoms with van der Waals surface area (Å²) < 4.78 is 18.0. The number of likely N-dealkylation sites (tertiary alicyclic amines) is 1. The Kier molecular flexibility index (Phi) is 9.45. The van der Waals surface area contributed by atoms with Crippen molar-refractivity contribution in [1.29, 1.82) is 0 Å². The number of hydrogen-bond acceptors (Lipinski definition) is 8. The SMILES string of the molecule is COc1ccc(C2=NN(C3CCN(C(=O)[C@H](Cn4cccn4)NC(=O)OC(C)(C)C)CC3)C(=O)[C@@H]3CCCC[C@H]23)cc1OC. The Bertz CT molecular complexity index is 1360.